The number of nitrogens with two attached hydrogens (primary N) is 1. The smallest absolute Gasteiger partial charge is 0.279 e. The zero-order valence-corrected chi connectivity index (χ0v) is 13.9. The molecule has 2 aromatic carbocycles. The zero-order chi connectivity index (χ0) is 19.4. The number of hydrogen-bond donors (Lipinski definition) is 2. The van der Waals surface area contributed by atoms with E-state index in [1.54, 1.807) is 24.3 Å². The monoisotopic (exact) mass is 366 g/mol. The minimum absolute atomic E-state index is 0.0931. The Morgan fingerprint density at radius 2 is 1.89 bits per heavy atom. The summed E-state index contributed by atoms with van der Waals surface area (Å²) in [7, 11) is 0. The Labute approximate surface area is 152 Å². The normalized spacial score (nSPS) is 10.4. The van der Waals surface area contributed by atoms with Crippen LogP contribution in [-0.2, 0) is 4.79 Å². The number of rotatable bonds is 6. The van der Waals surface area contributed by atoms with Crippen LogP contribution in [0.3, 0.4) is 0 Å². The van der Waals surface area contributed by atoms with Crippen LogP contribution in [0.4, 0.5) is 11.4 Å². The molecule has 1 heterocycles. The van der Waals surface area contributed by atoms with E-state index in [4.69, 9.17) is 10.5 Å². The number of nitrogens with zero attached hydrogens (tertiary/aromatic N) is 2. The molecule has 9 nitrogen and oxygen atoms in total. The second kappa shape index (κ2) is 7.48. The molecule has 3 rings (SSSR count). The van der Waals surface area contributed by atoms with Crippen molar-refractivity contribution in [2.75, 3.05) is 11.9 Å². The second-order valence-electron chi connectivity index (χ2n) is 5.52. The molecule has 3 N–H and O–H groups in total. The number of nitro groups is 1. The number of anilines is 1. The van der Waals surface area contributed by atoms with Crippen molar-refractivity contribution in [3.8, 4) is 5.75 Å². The van der Waals surface area contributed by atoms with Gasteiger partial charge in [-0.1, -0.05) is 0 Å². The Balaban J connectivity index is 1.71. The Hall–Kier alpha value is -4.01. The van der Waals surface area contributed by atoms with Crippen LogP contribution in [0.15, 0.2) is 54.7 Å². The van der Waals surface area contributed by atoms with Crippen molar-refractivity contribution < 1.29 is 19.2 Å². The minimum Gasteiger partial charge on any atom is -0.481 e. The van der Waals surface area contributed by atoms with E-state index in [0.717, 1.165) is 0 Å². The van der Waals surface area contributed by atoms with Gasteiger partial charge in [-0.25, -0.2) is 0 Å². The summed E-state index contributed by atoms with van der Waals surface area (Å²) in [6.07, 6.45) is 1.49. The molecule has 0 aliphatic rings. The largest absolute Gasteiger partial charge is 0.481 e. The topological polar surface area (TPSA) is 137 Å². The maximum absolute atomic E-state index is 12.1. The summed E-state index contributed by atoms with van der Waals surface area (Å²) in [5.74, 6) is -0.742. The average Bonchev–Trinajstić information content (AvgIpc) is 2.66. The first kappa shape index (κ1) is 17.8. The minimum atomic E-state index is -0.561. The first-order valence-corrected chi connectivity index (χ1v) is 7.80. The third-order valence-corrected chi connectivity index (χ3v) is 3.72. The van der Waals surface area contributed by atoms with Crippen LogP contribution in [-0.4, -0.2) is 28.3 Å². The number of primary amides is 1. The first-order chi connectivity index (χ1) is 13.0. The fourth-order valence-electron chi connectivity index (χ4n) is 2.47. The highest BCUT2D eigenvalue weighted by molar-refractivity contribution is 5.96. The van der Waals surface area contributed by atoms with E-state index in [-0.39, 0.29) is 18.0 Å². The SMILES string of the molecule is NC(=O)c1ccc(NC(=O)COc2ccc([N+](=O)[O-])c3cccnc23)cc1. The number of pyridine rings is 1. The summed E-state index contributed by atoms with van der Waals surface area (Å²) < 4.78 is 5.48. The van der Waals surface area contributed by atoms with Crippen LogP contribution in [0.1, 0.15) is 10.4 Å². The van der Waals surface area contributed by atoms with E-state index in [0.29, 0.717) is 22.2 Å². The fourth-order valence-corrected chi connectivity index (χ4v) is 2.47. The molecule has 0 fully saturated rings. The van der Waals surface area contributed by atoms with Crippen molar-refractivity contribution in [2.24, 2.45) is 5.73 Å². The van der Waals surface area contributed by atoms with Gasteiger partial charge in [0.25, 0.3) is 11.6 Å². The van der Waals surface area contributed by atoms with Crippen LogP contribution >= 0.6 is 0 Å². The molecule has 2 amide bonds. The highest BCUT2D eigenvalue weighted by atomic mass is 16.6. The summed E-state index contributed by atoms with van der Waals surface area (Å²) in [5.41, 5.74) is 6.16. The lowest BCUT2D eigenvalue weighted by Crippen LogP contribution is -2.20. The maximum atomic E-state index is 12.1. The Morgan fingerprint density at radius 3 is 2.56 bits per heavy atom. The number of non-ortho nitro benzene ring substituents is 1. The summed E-state index contributed by atoms with van der Waals surface area (Å²) in [6, 6.07) is 11.9. The molecule has 9 heteroatoms. The number of aromatic nitrogens is 1. The molecular formula is C18H14N4O5. The van der Waals surface area contributed by atoms with Crippen molar-refractivity contribution in [1.82, 2.24) is 4.98 Å². The molecule has 0 saturated carbocycles. The number of ether oxygens (including phenoxy) is 1. The number of carbonyl (C=O) groups is 2. The van der Waals surface area contributed by atoms with Crippen molar-refractivity contribution in [3.05, 3.63) is 70.4 Å². The third kappa shape index (κ3) is 3.98. The van der Waals surface area contributed by atoms with Gasteiger partial charge in [0.1, 0.15) is 11.3 Å². The molecule has 0 radical (unpaired) electrons. The first-order valence-electron chi connectivity index (χ1n) is 7.80. The summed E-state index contributed by atoms with van der Waals surface area (Å²) in [5, 5.41) is 14.0. The predicted molar refractivity (Wildman–Crippen MR) is 97.5 cm³/mol. The molecule has 0 atom stereocenters. The van der Waals surface area contributed by atoms with Gasteiger partial charge >= 0.3 is 0 Å². The summed E-state index contributed by atoms with van der Waals surface area (Å²) in [6.45, 7) is -0.318. The lowest BCUT2D eigenvalue weighted by Gasteiger charge is -2.09. The number of nitro benzene ring substituents is 1. The Morgan fingerprint density at radius 1 is 1.15 bits per heavy atom. The van der Waals surface area contributed by atoms with Crippen LogP contribution in [0.2, 0.25) is 0 Å². The van der Waals surface area contributed by atoms with Crippen LogP contribution in [0.5, 0.6) is 5.75 Å². The van der Waals surface area contributed by atoms with Gasteiger partial charge in [-0.05, 0) is 42.5 Å². The van der Waals surface area contributed by atoms with Gasteiger partial charge in [-0.2, -0.15) is 0 Å². The van der Waals surface area contributed by atoms with E-state index in [2.05, 4.69) is 10.3 Å². The zero-order valence-electron chi connectivity index (χ0n) is 13.9. The Kier molecular flexibility index (Phi) is 4.93. The molecule has 0 aliphatic carbocycles. The molecule has 27 heavy (non-hydrogen) atoms. The molecule has 1 aromatic heterocycles. The van der Waals surface area contributed by atoms with E-state index in [1.807, 2.05) is 0 Å². The summed E-state index contributed by atoms with van der Waals surface area (Å²) in [4.78, 5) is 37.8. The molecular weight excluding hydrogens is 352 g/mol. The van der Waals surface area contributed by atoms with Crippen LogP contribution in [0, 0.1) is 10.1 Å². The highest BCUT2D eigenvalue weighted by Crippen LogP contribution is 2.31. The lowest BCUT2D eigenvalue weighted by molar-refractivity contribution is -0.383. The molecule has 0 spiro atoms. The average molecular weight is 366 g/mol. The number of nitrogens with one attached hydrogen (secondary N) is 1. The maximum Gasteiger partial charge on any atom is 0.279 e. The summed E-state index contributed by atoms with van der Waals surface area (Å²) >= 11 is 0. The molecule has 3 aromatic rings. The molecule has 0 saturated heterocycles. The van der Waals surface area contributed by atoms with E-state index < -0.39 is 16.7 Å². The fraction of sp³-hybridized carbons (Fsp3) is 0.0556. The van der Waals surface area contributed by atoms with Crippen molar-refractivity contribution in [2.45, 2.75) is 0 Å². The molecule has 136 valence electrons. The van der Waals surface area contributed by atoms with Crippen molar-refractivity contribution >= 4 is 34.1 Å². The van der Waals surface area contributed by atoms with Gasteiger partial charge in [-0.15, -0.1) is 0 Å². The second-order valence-corrected chi connectivity index (χ2v) is 5.52. The Bertz CT molecular complexity index is 1030. The third-order valence-electron chi connectivity index (χ3n) is 3.72. The van der Waals surface area contributed by atoms with E-state index in [1.165, 1.54) is 30.5 Å². The lowest BCUT2D eigenvalue weighted by atomic mass is 10.1. The quantitative estimate of drug-likeness (QED) is 0.507. The van der Waals surface area contributed by atoms with Gasteiger partial charge < -0.3 is 15.8 Å². The molecule has 0 bridgehead atoms. The standard InChI is InChI=1S/C18H14N4O5/c19-18(24)11-3-5-12(6-4-11)21-16(23)10-27-15-8-7-14(22(25)26)13-2-1-9-20-17(13)15/h1-9H,10H2,(H2,19,24)(H,21,23). The predicted octanol–water partition coefficient (Wildman–Crippen LogP) is 2.26. The van der Waals surface area contributed by atoms with Gasteiger partial charge in [0.15, 0.2) is 6.61 Å². The van der Waals surface area contributed by atoms with Crippen LogP contribution in [0.25, 0.3) is 10.9 Å². The number of carbonyl (C=O) groups excluding carboxylic acids is 2. The number of benzene rings is 2. The van der Waals surface area contributed by atoms with Gasteiger partial charge in [0.05, 0.1) is 10.3 Å². The van der Waals surface area contributed by atoms with E-state index >= 15 is 0 Å². The number of fused-ring (bicyclic) bond motifs is 1. The molecule has 0 aliphatic heterocycles. The van der Waals surface area contributed by atoms with Crippen LogP contribution < -0.4 is 15.8 Å². The molecule has 0 unspecified atom stereocenters. The van der Waals surface area contributed by atoms with Gasteiger partial charge in [-0.3, -0.25) is 24.7 Å². The van der Waals surface area contributed by atoms with E-state index in [9.17, 15) is 19.7 Å². The number of amides is 2. The van der Waals surface area contributed by atoms with Gasteiger partial charge in [0, 0.05) is 23.5 Å². The van der Waals surface area contributed by atoms with Gasteiger partial charge in [0.2, 0.25) is 5.91 Å². The van der Waals surface area contributed by atoms with Crippen molar-refractivity contribution in [3.63, 3.8) is 0 Å². The highest BCUT2D eigenvalue weighted by Gasteiger charge is 2.16. The van der Waals surface area contributed by atoms with Crippen molar-refractivity contribution in [1.29, 1.82) is 0 Å². The number of hydrogen-bond acceptors (Lipinski definition) is 6.